The van der Waals surface area contributed by atoms with Gasteiger partial charge < -0.3 is 54.7 Å². The van der Waals surface area contributed by atoms with Gasteiger partial charge in [0.25, 0.3) is 0 Å². The molecule has 0 aliphatic carbocycles. The van der Waals surface area contributed by atoms with Crippen LogP contribution in [0, 0.1) is 17.8 Å². The third-order valence-electron chi connectivity index (χ3n) is 13.2. The second-order valence-electron chi connectivity index (χ2n) is 18.5. The Labute approximate surface area is 357 Å². The molecule has 14 nitrogen and oxygen atoms in total. The van der Waals surface area contributed by atoms with Crippen LogP contribution in [0.3, 0.4) is 0 Å². The maximum absolute atomic E-state index is 13.7. The summed E-state index contributed by atoms with van der Waals surface area (Å²) in [7, 11) is 5.37. The number of amides is 1. The number of aliphatic hydroxyl groups excluding tert-OH is 3. The highest BCUT2D eigenvalue weighted by molar-refractivity contribution is 5.88. The molecule has 60 heavy (non-hydrogen) atoms. The van der Waals surface area contributed by atoms with E-state index < -0.39 is 77.8 Å². The lowest BCUT2D eigenvalue weighted by molar-refractivity contribution is -0.299. The average molecular weight is 846 g/mol. The number of esters is 1. The van der Waals surface area contributed by atoms with Crippen molar-refractivity contribution in [2.75, 3.05) is 40.8 Å². The molecule has 2 aromatic carbocycles. The molecule has 2 fully saturated rings. The number of aliphatic hydroxyl groups is 5. The van der Waals surface area contributed by atoms with Gasteiger partial charge in [-0.15, -0.1) is 0 Å². The number of cyclic esters (lactones) is 1. The van der Waals surface area contributed by atoms with Crippen LogP contribution in [0.2, 0.25) is 0 Å². The lowest BCUT2D eigenvalue weighted by Crippen LogP contribution is -2.59. The Morgan fingerprint density at radius 1 is 1.02 bits per heavy atom. The van der Waals surface area contributed by atoms with E-state index in [0.717, 1.165) is 22.1 Å². The van der Waals surface area contributed by atoms with Crippen molar-refractivity contribution in [2.45, 2.75) is 160 Å². The standard InChI is InChI=1S/C46H75N3O11/c1-13-37-46(9,56)40(52)31(7)49(20-14-19-47-42(53)28(4)32-15-16-34-23-35(57-12)18-17-33(34)22-32)25-26(2)24-45(8,55)41(29(5)38(50)30(6)43(54)59-37)60-44-39(51)36(48(10)11)21-27(3)58-44/h15-18,22-23,26-31,36-41,44,50-52,55-56H,13-14,19-21,24-25H2,1-12H3,(H,47,53)/t26-,27-,28+,29+,30-,31-,36+,37-,38+,39-,40-,41-,44+,45-,46-/m1/s1. The van der Waals surface area contributed by atoms with E-state index >= 15 is 0 Å². The van der Waals surface area contributed by atoms with Crippen molar-refractivity contribution >= 4 is 22.6 Å². The molecule has 2 aliphatic rings. The number of carbonyl (C=O) groups is 2. The van der Waals surface area contributed by atoms with Crippen LogP contribution >= 0.6 is 0 Å². The molecule has 14 heteroatoms. The number of nitrogens with zero attached hydrogens (tertiary/aromatic N) is 2. The van der Waals surface area contributed by atoms with Gasteiger partial charge in [0.05, 0.1) is 42.9 Å². The van der Waals surface area contributed by atoms with Crippen LogP contribution in [0.5, 0.6) is 5.75 Å². The molecule has 2 heterocycles. The van der Waals surface area contributed by atoms with E-state index in [1.54, 1.807) is 34.8 Å². The number of fused-ring (bicyclic) bond motifs is 1. The van der Waals surface area contributed by atoms with Crippen LogP contribution in [0.1, 0.15) is 99.5 Å². The van der Waals surface area contributed by atoms with Crippen molar-refractivity contribution < 1.29 is 54.1 Å². The zero-order chi connectivity index (χ0) is 44.9. The summed E-state index contributed by atoms with van der Waals surface area (Å²) in [6.45, 7) is 16.7. The van der Waals surface area contributed by atoms with Gasteiger partial charge in [-0.3, -0.25) is 14.5 Å². The minimum Gasteiger partial charge on any atom is -0.497 e. The minimum atomic E-state index is -1.87. The molecule has 2 aromatic rings. The van der Waals surface area contributed by atoms with Crippen molar-refractivity contribution in [3.63, 3.8) is 0 Å². The van der Waals surface area contributed by atoms with Crippen LogP contribution in [0.15, 0.2) is 36.4 Å². The maximum atomic E-state index is 13.7. The minimum absolute atomic E-state index is 0.122. The largest absolute Gasteiger partial charge is 0.497 e. The third kappa shape index (κ3) is 11.8. The molecule has 0 bridgehead atoms. The van der Waals surface area contributed by atoms with Crippen molar-refractivity contribution in [1.82, 2.24) is 15.1 Å². The van der Waals surface area contributed by atoms with E-state index in [0.29, 0.717) is 32.5 Å². The zero-order valence-electron chi connectivity index (χ0n) is 38.0. The smallest absolute Gasteiger partial charge is 0.311 e. The molecule has 340 valence electrons. The van der Waals surface area contributed by atoms with Gasteiger partial charge in [0.2, 0.25) is 5.91 Å². The third-order valence-corrected chi connectivity index (χ3v) is 13.2. The Bertz CT molecular complexity index is 1710. The van der Waals surface area contributed by atoms with Gasteiger partial charge in [0.15, 0.2) is 6.29 Å². The Morgan fingerprint density at radius 2 is 1.67 bits per heavy atom. The van der Waals surface area contributed by atoms with E-state index in [1.165, 1.54) is 13.8 Å². The van der Waals surface area contributed by atoms with Gasteiger partial charge in [-0.05, 0) is 116 Å². The van der Waals surface area contributed by atoms with Gasteiger partial charge >= 0.3 is 5.97 Å². The summed E-state index contributed by atoms with van der Waals surface area (Å²) in [6, 6.07) is 10.8. The van der Waals surface area contributed by atoms with E-state index in [4.69, 9.17) is 18.9 Å². The number of likely N-dealkylation sites (N-methyl/N-ethyl adjacent to an activating group) is 1. The van der Waals surface area contributed by atoms with Crippen LogP contribution in [0.4, 0.5) is 0 Å². The first-order valence-corrected chi connectivity index (χ1v) is 21.8. The summed E-state index contributed by atoms with van der Waals surface area (Å²) in [5, 5.41) is 64.3. The number of methoxy groups -OCH3 is 1. The molecular weight excluding hydrogens is 771 g/mol. The first-order chi connectivity index (χ1) is 28.0. The summed E-state index contributed by atoms with van der Waals surface area (Å²) in [5.41, 5.74) is -2.59. The van der Waals surface area contributed by atoms with Gasteiger partial charge in [0.1, 0.15) is 29.7 Å². The van der Waals surface area contributed by atoms with Gasteiger partial charge in [0, 0.05) is 37.6 Å². The fourth-order valence-electron chi connectivity index (χ4n) is 9.34. The number of hydrogen-bond donors (Lipinski definition) is 6. The predicted octanol–water partition coefficient (Wildman–Crippen LogP) is 3.82. The highest BCUT2D eigenvalue weighted by Crippen LogP contribution is 2.37. The lowest BCUT2D eigenvalue weighted by Gasteiger charge is -2.46. The summed E-state index contributed by atoms with van der Waals surface area (Å²) in [4.78, 5) is 31.0. The number of benzene rings is 2. The van der Waals surface area contributed by atoms with Crippen LogP contribution in [-0.2, 0) is 23.8 Å². The highest BCUT2D eigenvalue weighted by Gasteiger charge is 2.50. The van der Waals surface area contributed by atoms with Crippen molar-refractivity contribution in [3.8, 4) is 5.75 Å². The number of hydrogen-bond acceptors (Lipinski definition) is 13. The van der Waals surface area contributed by atoms with E-state index in [1.807, 2.05) is 81.1 Å². The quantitative estimate of drug-likeness (QED) is 0.142. The van der Waals surface area contributed by atoms with Gasteiger partial charge in [-0.1, -0.05) is 45.0 Å². The molecule has 6 N–H and O–H groups in total. The molecule has 4 rings (SSSR count). The zero-order valence-corrected chi connectivity index (χ0v) is 38.0. The Hall–Kier alpha value is -2.92. The Kier molecular flexibility index (Phi) is 17.4. The molecule has 2 saturated heterocycles. The molecule has 15 atom stereocenters. The topological polar surface area (TPSA) is 191 Å². The van der Waals surface area contributed by atoms with Crippen molar-refractivity contribution in [3.05, 3.63) is 42.0 Å². The SMILES string of the molecule is CC[C@H]1OC(=O)[C@H](C)[C@@H](O)[C@H](C)[C@@H](O[C@@H]2O[C@H](C)C[C@H](N(C)C)[C@H]2O)[C@](C)(O)C[C@@H](C)CN(CCCNC(=O)[C@@H](C)c2ccc3cc(OC)ccc3c2)[C@H](C)[C@@H](O)[C@]1(C)O. The average Bonchev–Trinajstić information content (AvgIpc) is 3.20. The van der Waals surface area contributed by atoms with Crippen molar-refractivity contribution in [2.24, 2.45) is 17.8 Å². The summed E-state index contributed by atoms with van der Waals surface area (Å²) in [6.07, 6.45) is -5.95. The molecule has 0 aromatic heterocycles. The van der Waals surface area contributed by atoms with Crippen molar-refractivity contribution in [1.29, 1.82) is 0 Å². The number of nitrogens with one attached hydrogen (secondary N) is 1. The fraction of sp³-hybridized carbons (Fsp3) is 0.739. The second-order valence-corrected chi connectivity index (χ2v) is 18.5. The first kappa shape index (κ1) is 49.7. The number of rotatable bonds is 11. The fourth-order valence-corrected chi connectivity index (χ4v) is 9.34. The predicted molar refractivity (Wildman–Crippen MR) is 230 cm³/mol. The van der Waals surface area contributed by atoms with Crippen LogP contribution < -0.4 is 10.1 Å². The normalized spacial score (nSPS) is 37.2. The Morgan fingerprint density at radius 3 is 2.30 bits per heavy atom. The summed E-state index contributed by atoms with van der Waals surface area (Å²) < 4.78 is 23.9. The second kappa shape index (κ2) is 21.0. The molecular formula is C46H75N3O11. The molecule has 1 amide bonds. The first-order valence-electron chi connectivity index (χ1n) is 21.8. The van der Waals surface area contributed by atoms with Gasteiger partial charge in [-0.2, -0.15) is 0 Å². The van der Waals surface area contributed by atoms with Crippen LogP contribution in [-0.4, -0.2) is 154 Å². The van der Waals surface area contributed by atoms with E-state index in [-0.39, 0.29) is 36.8 Å². The molecule has 2 aliphatic heterocycles. The van der Waals surface area contributed by atoms with Crippen LogP contribution in [0.25, 0.3) is 10.8 Å². The molecule has 0 saturated carbocycles. The maximum Gasteiger partial charge on any atom is 0.311 e. The van der Waals surface area contributed by atoms with E-state index in [2.05, 4.69) is 5.32 Å². The molecule has 0 radical (unpaired) electrons. The summed E-state index contributed by atoms with van der Waals surface area (Å²) >= 11 is 0. The van der Waals surface area contributed by atoms with E-state index in [9.17, 15) is 35.1 Å². The van der Waals surface area contributed by atoms with Gasteiger partial charge in [-0.25, -0.2) is 0 Å². The number of ether oxygens (including phenoxy) is 4. The highest BCUT2D eigenvalue weighted by atomic mass is 16.7. The lowest BCUT2D eigenvalue weighted by atomic mass is 9.78. The molecule has 0 spiro atoms. The monoisotopic (exact) mass is 846 g/mol. The Balaban J connectivity index is 1.58. The number of carbonyl (C=O) groups excluding carboxylic acids is 2. The summed E-state index contributed by atoms with van der Waals surface area (Å²) in [5.74, 6) is -2.72. The molecule has 0 unspecified atom stereocenters.